The molecule has 0 radical (unpaired) electrons. The van der Waals surface area contributed by atoms with Gasteiger partial charge in [-0.05, 0) is 6.07 Å². The minimum atomic E-state index is -1.41. The molecule has 0 aliphatic rings. The number of rotatable bonds is 5. The van der Waals surface area contributed by atoms with Gasteiger partial charge in [-0.2, -0.15) is 4.39 Å². The van der Waals surface area contributed by atoms with E-state index in [1.54, 1.807) is 5.48 Å². The molecule has 19 heavy (non-hydrogen) atoms. The Labute approximate surface area is 103 Å². The number of carboxylic acid groups (broad SMARTS) is 1. The molecule has 0 heterocycles. The number of hydrogen-bond acceptors (Lipinski definition) is 5. The number of halogens is 2. The van der Waals surface area contributed by atoms with Gasteiger partial charge in [-0.1, -0.05) is 0 Å². The number of hydrogen-bond donors (Lipinski definition) is 2. The molecule has 1 rings (SSSR count). The van der Waals surface area contributed by atoms with Crippen molar-refractivity contribution in [3.63, 3.8) is 0 Å². The molecule has 1 aromatic rings. The summed E-state index contributed by atoms with van der Waals surface area (Å²) < 4.78 is 26.5. The summed E-state index contributed by atoms with van der Waals surface area (Å²) in [6, 6.07) is 0.550. The Bertz CT molecular complexity index is 548. The summed E-state index contributed by atoms with van der Waals surface area (Å²) >= 11 is 0. The van der Waals surface area contributed by atoms with E-state index in [1.807, 2.05) is 0 Å². The van der Waals surface area contributed by atoms with Crippen molar-refractivity contribution in [2.45, 2.75) is 0 Å². The van der Waals surface area contributed by atoms with Crippen LogP contribution in [-0.4, -0.2) is 28.5 Å². The molecule has 0 atom stereocenters. The van der Waals surface area contributed by atoms with E-state index in [2.05, 4.69) is 4.84 Å². The molecule has 8 nitrogen and oxygen atoms in total. The zero-order chi connectivity index (χ0) is 14.6. The number of benzene rings is 1. The average Bonchev–Trinajstić information content (AvgIpc) is 2.30. The van der Waals surface area contributed by atoms with Crippen molar-refractivity contribution < 1.29 is 33.2 Å². The number of hydroxylamine groups is 1. The molecule has 1 amide bonds. The second kappa shape index (κ2) is 5.82. The third kappa shape index (κ3) is 3.67. The van der Waals surface area contributed by atoms with E-state index in [0.717, 1.165) is 0 Å². The maximum atomic E-state index is 13.3. The summed E-state index contributed by atoms with van der Waals surface area (Å²) in [6.45, 7) is -0.886. The summed E-state index contributed by atoms with van der Waals surface area (Å²) in [5.41, 5.74) is -0.427. The van der Waals surface area contributed by atoms with Crippen LogP contribution in [0.2, 0.25) is 0 Å². The zero-order valence-electron chi connectivity index (χ0n) is 9.05. The zero-order valence-corrected chi connectivity index (χ0v) is 9.05. The van der Waals surface area contributed by atoms with Crippen LogP contribution in [-0.2, 0) is 9.63 Å². The van der Waals surface area contributed by atoms with Crippen LogP contribution in [0.4, 0.5) is 14.5 Å². The van der Waals surface area contributed by atoms with Gasteiger partial charge in [0.15, 0.2) is 6.61 Å². The van der Waals surface area contributed by atoms with Crippen molar-refractivity contribution in [1.29, 1.82) is 0 Å². The molecule has 1 aromatic carbocycles. The van der Waals surface area contributed by atoms with Crippen LogP contribution < -0.4 is 5.48 Å². The van der Waals surface area contributed by atoms with Gasteiger partial charge in [-0.3, -0.25) is 19.7 Å². The SMILES string of the molecule is O=C(O)CONC(=O)c1cc(F)c([N+](=O)[O-])cc1F. The van der Waals surface area contributed by atoms with Gasteiger partial charge in [0.25, 0.3) is 5.91 Å². The summed E-state index contributed by atoms with van der Waals surface area (Å²) in [7, 11) is 0. The molecule has 0 spiro atoms. The van der Waals surface area contributed by atoms with Crippen molar-refractivity contribution >= 4 is 17.6 Å². The maximum absolute atomic E-state index is 13.3. The first-order valence-electron chi connectivity index (χ1n) is 4.60. The largest absolute Gasteiger partial charge is 0.479 e. The Kier molecular flexibility index (Phi) is 4.42. The third-order valence-electron chi connectivity index (χ3n) is 1.84. The summed E-state index contributed by atoms with van der Waals surface area (Å²) in [5.74, 6) is -5.41. The Balaban J connectivity index is 2.89. The van der Waals surface area contributed by atoms with E-state index in [-0.39, 0.29) is 6.07 Å². The fourth-order valence-electron chi connectivity index (χ4n) is 1.07. The smallest absolute Gasteiger partial charge is 0.332 e. The summed E-state index contributed by atoms with van der Waals surface area (Å²) in [4.78, 5) is 34.7. The van der Waals surface area contributed by atoms with Crippen molar-refractivity contribution in [3.05, 3.63) is 39.4 Å². The number of carboxylic acids is 1. The molecule has 2 N–H and O–H groups in total. The highest BCUT2D eigenvalue weighted by Crippen LogP contribution is 2.21. The predicted molar refractivity (Wildman–Crippen MR) is 54.1 cm³/mol. The Hall–Kier alpha value is -2.62. The topological polar surface area (TPSA) is 119 Å². The number of carbonyl (C=O) groups excluding carboxylic acids is 1. The number of nitrogens with one attached hydrogen (secondary N) is 1. The number of nitro benzene ring substituents is 1. The minimum Gasteiger partial charge on any atom is -0.479 e. The first kappa shape index (κ1) is 14.4. The molecular formula is C9H6F2N2O6. The molecule has 0 unspecified atom stereocenters. The second-order valence-corrected chi connectivity index (χ2v) is 3.15. The number of nitro groups is 1. The monoisotopic (exact) mass is 276 g/mol. The fraction of sp³-hybridized carbons (Fsp3) is 0.111. The van der Waals surface area contributed by atoms with E-state index in [4.69, 9.17) is 5.11 Å². The van der Waals surface area contributed by atoms with Gasteiger partial charge in [-0.15, -0.1) is 0 Å². The van der Waals surface area contributed by atoms with Gasteiger partial charge in [0.2, 0.25) is 5.82 Å². The molecule has 0 aromatic heterocycles. The van der Waals surface area contributed by atoms with Gasteiger partial charge in [0.1, 0.15) is 5.82 Å². The Morgan fingerprint density at radius 2 is 2.00 bits per heavy atom. The van der Waals surface area contributed by atoms with E-state index in [0.29, 0.717) is 6.07 Å². The summed E-state index contributed by atoms with van der Waals surface area (Å²) in [5, 5.41) is 18.5. The lowest BCUT2D eigenvalue weighted by molar-refractivity contribution is -0.387. The molecule has 0 fully saturated rings. The maximum Gasteiger partial charge on any atom is 0.332 e. The first-order valence-corrected chi connectivity index (χ1v) is 4.60. The second-order valence-electron chi connectivity index (χ2n) is 3.15. The van der Waals surface area contributed by atoms with Crippen LogP contribution >= 0.6 is 0 Å². The molecule has 0 aliphatic heterocycles. The third-order valence-corrected chi connectivity index (χ3v) is 1.84. The molecule has 0 bridgehead atoms. The van der Waals surface area contributed by atoms with Gasteiger partial charge < -0.3 is 5.11 Å². The predicted octanol–water partition coefficient (Wildman–Crippen LogP) is 0.619. The lowest BCUT2D eigenvalue weighted by atomic mass is 10.1. The number of amides is 1. The Morgan fingerprint density at radius 1 is 1.37 bits per heavy atom. The van der Waals surface area contributed by atoms with Crippen LogP contribution in [0.1, 0.15) is 10.4 Å². The van der Waals surface area contributed by atoms with Crippen LogP contribution in [0.5, 0.6) is 0 Å². The highest BCUT2D eigenvalue weighted by Gasteiger charge is 2.22. The highest BCUT2D eigenvalue weighted by molar-refractivity contribution is 5.94. The van der Waals surface area contributed by atoms with E-state index in [1.165, 1.54) is 0 Å². The fourth-order valence-corrected chi connectivity index (χ4v) is 1.07. The molecule has 102 valence electrons. The summed E-state index contributed by atoms with van der Waals surface area (Å²) in [6.07, 6.45) is 0. The van der Waals surface area contributed by atoms with E-state index >= 15 is 0 Å². The molecule has 0 saturated carbocycles. The number of aliphatic carboxylic acids is 1. The van der Waals surface area contributed by atoms with Crippen LogP contribution in [0.25, 0.3) is 0 Å². The molecule has 0 saturated heterocycles. The van der Waals surface area contributed by atoms with Crippen molar-refractivity contribution in [2.75, 3.05) is 6.61 Å². The van der Waals surface area contributed by atoms with E-state index < -0.39 is 46.3 Å². The van der Waals surface area contributed by atoms with Gasteiger partial charge >= 0.3 is 11.7 Å². The first-order chi connectivity index (χ1) is 8.82. The number of carbonyl (C=O) groups is 2. The van der Waals surface area contributed by atoms with Crippen LogP contribution in [0.15, 0.2) is 12.1 Å². The van der Waals surface area contributed by atoms with Crippen LogP contribution in [0, 0.1) is 21.7 Å². The molecule has 10 heteroatoms. The van der Waals surface area contributed by atoms with Gasteiger partial charge in [0, 0.05) is 0 Å². The van der Waals surface area contributed by atoms with E-state index in [9.17, 15) is 28.5 Å². The van der Waals surface area contributed by atoms with Crippen molar-refractivity contribution in [2.24, 2.45) is 0 Å². The van der Waals surface area contributed by atoms with Crippen molar-refractivity contribution in [3.8, 4) is 0 Å². The average molecular weight is 276 g/mol. The number of nitrogens with zero attached hydrogens (tertiary/aromatic N) is 1. The van der Waals surface area contributed by atoms with Crippen molar-refractivity contribution in [1.82, 2.24) is 5.48 Å². The quantitative estimate of drug-likeness (QED) is 0.601. The van der Waals surface area contributed by atoms with Crippen LogP contribution in [0.3, 0.4) is 0 Å². The lowest BCUT2D eigenvalue weighted by Gasteiger charge is -2.05. The highest BCUT2D eigenvalue weighted by atomic mass is 19.1. The molecule has 0 aliphatic carbocycles. The molecular weight excluding hydrogens is 270 g/mol. The standard InChI is InChI=1S/C9H6F2N2O6/c10-5-2-7(13(17)18)6(11)1-4(5)9(16)12-19-3-8(14)15/h1-2H,3H2,(H,12,16)(H,14,15). The van der Waals surface area contributed by atoms with Gasteiger partial charge in [0.05, 0.1) is 16.6 Å². The Morgan fingerprint density at radius 3 is 2.53 bits per heavy atom. The van der Waals surface area contributed by atoms with Gasteiger partial charge in [-0.25, -0.2) is 14.7 Å². The normalized spacial score (nSPS) is 10.0. The lowest BCUT2D eigenvalue weighted by Crippen LogP contribution is -2.27. The minimum absolute atomic E-state index is 0.238.